The van der Waals surface area contributed by atoms with Crippen molar-refractivity contribution in [3.05, 3.63) is 66.0 Å². The summed E-state index contributed by atoms with van der Waals surface area (Å²) < 4.78 is 22.6. The van der Waals surface area contributed by atoms with Crippen LogP contribution in [0.25, 0.3) is 10.9 Å². The number of benzene rings is 2. The Kier molecular flexibility index (Phi) is 4.76. The lowest BCUT2D eigenvalue weighted by molar-refractivity contribution is 0.601. The largest absolute Gasteiger partial charge is 0.369 e. The highest BCUT2D eigenvalue weighted by atomic mass is 32.2. The van der Waals surface area contributed by atoms with E-state index in [1.54, 1.807) is 6.33 Å². The van der Waals surface area contributed by atoms with Gasteiger partial charge in [-0.3, -0.25) is 0 Å². The van der Waals surface area contributed by atoms with Crippen LogP contribution in [0.2, 0.25) is 0 Å². The highest BCUT2D eigenvalue weighted by Gasteiger charge is 2.05. The molecule has 1 aromatic heterocycles. The van der Waals surface area contributed by atoms with Crippen LogP contribution in [0.15, 0.2) is 54.9 Å². The first-order valence-corrected chi connectivity index (χ1v) is 9.76. The first-order valence-electron chi connectivity index (χ1n) is 7.70. The van der Waals surface area contributed by atoms with E-state index in [0.717, 1.165) is 40.8 Å². The third-order valence-electron chi connectivity index (χ3n) is 3.70. The molecule has 124 valence electrons. The molecule has 0 amide bonds. The van der Waals surface area contributed by atoms with Crippen molar-refractivity contribution >= 4 is 26.6 Å². The van der Waals surface area contributed by atoms with Crippen molar-refractivity contribution in [3.8, 4) is 0 Å². The average Bonchev–Trinajstić information content (AvgIpc) is 2.55. The summed E-state index contributed by atoms with van der Waals surface area (Å²) >= 11 is 0. The van der Waals surface area contributed by atoms with Crippen molar-refractivity contribution in [1.29, 1.82) is 0 Å². The smallest absolute Gasteiger partial charge is 0.151 e. The van der Waals surface area contributed by atoms with Gasteiger partial charge in [-0.05, 0) is 29.7 Å². The molecule has 0 atom stereocenters. The molecule has 0 radical (unpaired) electrons. The second-order valence-electron chi connectivity index (χ2n) is 5.80. The van der Waals surface area contributed by atoms with Crippen molar-refractivity contribution in [2.75, 3.05) is 18.1 Å². The van der Waals surface area contributed by atoms with Crippen molar-refractivity contribution in [2.45, 2.75) is 12.2 Å². The minimum Gasteiger partial charge on any atom is -0.369 e. The number of hydrogen-bond donors (Lipinski definition) is 1. The van der Waals surface area contributed by atoms with Crippen molar-refractivity contribution in [2.24, 2.45) is 0 Å². The molecule has 0 saturated carbocycles. The fourth-order valence-corrected chi connectivity index (χ4v) is 3.37. The maximum Gasteiger partial charge on any atom is 0.151 e. The number of nitrogens with zero attached hydrogens (tertiary/aromatic N) is 2. The summed E-state index contributed by atoms with van der Waals surface area (Å²) in [5, 5.41) is 4.35. The predicted molar refractivity (Wildman–Crippen MR) is 96.7 cm³/mol. The Morgan fingerprint density at radius 2 is 1.67 bits per heavy atom. The van der Waals surface area contributed by atoms with Crippen molar-refractivity contribution in [3.63, 3.8) is 0 Å². The fraction of sp³-hybridized carbons (Fsp3) is 0.222. The van der Waals surface area contributed by atoms with E-state index in [1.807, 2.05) is 48.5 Å². The second-order valence-corrected chi connectivity index (χ2v) is 7.94. The van der Waals surface area contributed by atoms with E-state index in [0.29, 0.717) is 0 Å². The molecule has 3 rings (SSSR count). The molecule has 2 aromatic carbocycles. The topological polar surface area (TPSA) is 72.0 Å². The maximum absolute atomic E-state index is 11.3. The zero-order valence-corrected chi connectivity index (χ0v) is 14.3. The molecule has 1 heterocycles. The van der Waals surface area contributed by atoms with Crippen LogP contribution < -0.4 is 5.32 Å². The molecule has 0 saturated heterocycles. The molecule has 1 N–H and O–H groups in total. The fourth-order valence-electron chi connectivity index (χ4n) is 2.58. The summed E-state index contributed by atoms with van der Waals surface area (Å²) in [6, 6.07) is 15.6. The van der Waals surface area contributed by atoms with Crippen LogP contribution in [0.3, 0.4) is 0 Å². The Labute approximate surface area is 141 Å². The van der Waals surface area contributed by atoms with Crippen LogP contribution in [-0.4, -0.2) is 31.2 Å². The number of hydrogen-bond acceptors (Lipinski definition) is 5. The monoisotopic (exact) mass is 341 g/mol. The van der Waals surface area contributed by atoms with Gasteiger partial charge in [-0.1, -0.05) is 36.4 Å². The van der Waals surface area contributed by atoms with Gasteiger partial charge in [0.05, 0.1) is 11.3 Å². The van der Waals surface area contributed by atoms with Crippen LogP contribution in [0.1, 0.15) is 11.1 Å². The Balaban J connectivity index is 1.62. The maximum atomic E-state index is 11.3. The van der Waals surface area contributed by atoms with Gasteiger partial charge in [0, 0.05) is 18.2 Å². The van der Waals surface area contributed by atoms with Crippen LogP contribution in [0.5, 0.6) is 0 Å². The standard InChI is InChI=1S/C18H19N3O2S/c1-24(22,23)12-15-8-6-14(7-9-15)10-11-19-18-16-4-2-3-5-17(16)20-13-21-18/h2-9,13H,10-12H2,1H3,(H,19,20,21). The van der Waals surface area contributed by atoms with Crippen LogP contribution >= 0.6 is 0 Å². The average molecular weight is 341 g/mol. The normalized spacial score (nSPS) is 11.5. The van der Waals surface area contributed by atoms with Crippen LogP contribution in [-0.2, 0) is 22.0 Å². The number of sulfone groups is 1. The van der Waals surface area contributed by atoms with Crippen LogP contribution in [0.4, 0.5) is 5.82 Å². The summed E-state index contributed by atoms with van der Waals surface area (Å²) in [5.74, 6) is 0.910. The SMILES string of the molecule is CS(=O)(=O)Cc1ccc(CCNc2ncnc3ccccc23)cc1. The third kappa shape index (κ3) is 4.29. The summed E-state index contributed by atoms with van der Waals surface area (Å²) in [5.41, 5.74) is 2.88. The Morgan fingerprint density at radius 1 is 0.958 bits per heavy atom. The number of anilines is 1. The molecule has 0 aliphatic carbocycles. The molecule has 0 unspecified atom stereocenters. The van der Waals surface area contributed by atoms with Gasteiger partial charge in [0.25, 0.3) is 0 Å². The van der Waals surface area contributed by atoms with E-state index in [2.05, 4.69) is 15.3 Å². The second kappa shape index (κ2) is 6.97. The number of rotatable bonds is 6. The van der Waals surface area contributed by atoms with E-state index in [9.17, 15) is 8.42 Å². The summed E-state index contributed by atoms with van der Waals surface area (Å²) in [6.07, 6.45) is 3.64. The molecule has 0 spiro atoms. The van der Waals surface area contributed by atoms with Gasteiger partial charge in [0.15, 0.2) is 9.84 Å². The summed E-state index contributed by atoms with van der Waals surface area (Å²) in [7, 11) is -2.99. The lowest BCUT2D eigenvalue weighted by Gasteiger charge is -2.08. The zero-order chi connectivity index (χ0) is 17.0. The Bertz CT molecular complexity index is 933. The number of para-hydroxylation sites is 1. The van der Waals surface area contributed by atoms with Crippen LogP contribution in [0, 0.1) is 0 Å². The zero-order valence-electron chi connectivity index (χ0n) is 13.4. The van der Waals surface area contributed by atoms with Gasteiger partial charge in [-0.25, -0.2) is 18.4 Å². The molecular weight excluding hydrogens is 322 g/mol. The Morgan fingerprint density at radius 3 is 2.42 bits per heavy atom. The molecule has 5 nitrogen and oxygen atoms in total. The first kappa shape index (κ1) is 16.4. The molecule has 0 aliphatic heterocycles. The van der Waals surface area contributed by atoms with Crippen molar-refractivity contribution < 1.29 is 8.42 Å². The number of fused-ring (bicyclic) bond motifs is 1. The summed E-state index contributed by atoms with van der Waals surface area (Å²) in [4.78, 5) is 8.55. The number of nitrogens with one attached hydrogen (secondary N) is 1. The van der Waals surface area contributed by atoms with Gasteiger partial charge >= 0.3 is 0 Å². The van der Waals surface area contributed by atoms with Gasteiger partial charge in [-0.2, -0.15) is 0 Å². The highest BCUT2D eigenvalue weighted by molar-refractivity contribution is 7.89. The molecule has 0 bridgehead atoms. The van der Waals surface area contributed by atoms with E-state index >= 15 is 0 Å². The molecule has 6 heteroatoms. The van der Waals surface area contributed by atoms with E-state index in [4.69, 9.17) is 0 Å². The minimum absolute atomic E-state index is 0.0818. The van der Waals surface area contributed by atoms with E-state index in [1.165, 1.54) is 6.26 Å². The minimum atomic E-state index is -2.99. The lowest BCUT2D eigenvalue weighted by Crippen LogP contribution is -2.07. The highest BCUT2D eigenvalue weighted by Crippen LogP contribution is 2.18. The molecule has 24 heavy (non-hydrogen) atoms. The molecular formula is C18H19N3O2S. The molecule has 3 aromatic rings. The summed E-state index contributed by atoms with van der Waals surface area (Å²) in [6.45, 7) is 0.742. The quantitative estimate of drug-likeness (QED) is 0.746. The van der Waals surface area contributed by atoms with Gasteiger partial charge in [0.1, 0.15) is 12.1 Å². The van der Waals surface area contributed by atoms with E-state index < -0.39 is 9.84 Å². The van der Waals surface area contributed by atoms with Gasteiger partial charge in [-0.15, -0.1) is 0 Å². The lowest BCUT2D eigenvalue weighted by atomic mass is 10.1. The predicted octanol–water partition coefficient (Wildman–Crippen LogP) is 2.83. The van der Waals surface area contributed by atoms with Gasteiger partial charge < -0.3 is 5.32 Å². The molecule has 0 aliphatic rings. The van der Waals surface area contributed by atoms with E-state index in [-0.39, 0.29) is 5.75 Å². The third-order valence-corrected chi connectivity index (χ3v) is 4.56. The first-order chi connectivity index (χ1) is 11.5. The number of aromatic nitrogens is 2. The Hall–Kier alpha value is -2.47. The van der Waals surface area contributed by atoms with Crippen molar-refractivity contribution in [1.82, 2.24) is 9.97 Å². The molecule has 0 fully saturated rings. The van der Waals surface area contributed by atoms with Gasteiger partial charge in [0.2, 0.25) is 0 Å².